The lowest BCUT2D eigenvalue weighted by Gasteiger charge is -2.18. The number of nitrogens with zero attached hydrogens (tertiary/aromatic N) is 1. The van der Waals surface area contributed by atoms with Crippen LogP contribution in [0.2, 0.25) is 0 Å². The van der Waals surface area contributed by atoms with E-state index in [4.69, 9.17) is 4.42 Å². The van der Waals surface area contributed by atoms with Gasteiger partial charge in [-0.15, -0.1) is 0 Å². The van der Waals surface area contributed by atoms with Gasteiger partial charge in [-0.05, 0) is 52.5 Å². The van der Waals surface area contributed by atoms with Gasteiger partial charge < -0.3 is 9.73 Å². The van der Waals surface area contributed by atoms with Crippen molar-refractivity contribution in [3.63, 3.8) is 0 Å². The lowest BCUT2D eigenvalue weighted by Crippen LogP contribution is -2.30. The van der Waals surface area contributed by atoms with E-state index in [2.05, 4.69) is 37.2 Å². The fourth-order valence-corrected chi connectivity index (χ4v) is 1.78. The normalized spacial score (nSPS) is 13.3. The van der Waals surface area contributed by atoms with Crippen molar-refractivity contribution < 1.29 is 4.42 Å². The fraction of sp³-hybridized carbons (Fsp3) is 0.692. The standard InChI is InChI=1S/C13H24N2O/c1-5-14-11(2)8-9-15(4)10-13-7-6-12(3)16-13/h6-7,11,14H,5,8-10H2,1-4H3. The molecular formula is C13H24N2O. The fourth-order valence-electron chi connectivity index (χ4n) is 1.78. The molecule has 0 radical (unpaired) electrons. The van der Waals surface area contributed by atoms with Crippen LogP contribution in [-0.4, -0.2) is 31.1 Å². The smallest absolute Gasteiger partial charge is 0.118 e. The first-order valence-electron chi connectivity index (χ1n) is 6.09. The first-order chi connectivity index (χ1) is 7.61. The van der Waals surface area contributed by atoms with Crippen molar-refractivity contribution in [1.82, 2.24) is 10.2 Å². The number of rotatable bonds is 7. The minimum Gasteiger partial charge on any atom is -0.465 e. The molecule has 0 spiro atoms. The summed E-state index contributed by atoms with van der Waals surface area (Å²) in [4.78, 5) is 2.30. The van der Waals surface area contributed by atoms with Crippen molar-refractivity contribution in [1.29, 1.82) is 0 Å². The maximum Gasteiger partial charge on any atom is 0.118 e. The Morgan fingerprint density at radius 1 is 1.44 bits per heavy atom. The summed E-state index contributed by atoms with van der Waals surface area (Å²) < 4.78 is 5.55. The van der Waals surface area contributed by atoms with E-state index in [1.807, 2.05) is 13.0 Å². The Morgan fingerprint density at radius 2 is 2.19 bits per heavy atom. The predicted octanol–water partition coefficient (Wildman–Crippen LogP) is 2.41. The molecule has 0 aliphatic carbocycles. The zero-order valence-corrected chi connectivity index (χ0v) is 10.9. The van der Waals surface area contributed by atoms with Crippen molar-refractivity contribution >= 4 is 0 Å². The number of aryl methyl sites for hydroxylation is 1. The minimum absolute atomic E-state index is 0.589. The summed E-state index contributed by atoms with van der Waals surface area (Å²) in [6.45, 7) is 9.39. The summed E-state index contributed by atoms with van der Waals surface area (Å²) >= 11 is 0. The van der Waals surface area contributed by atoms with Gasteiger partial charge in [-0.1, -0.05) is 6.92 Å². The topological polar surface area (TPSA) is 28.4 Å². The van der Waals surface area contributed by atoms with Crippen LogP contribution in [-0.2, 0) is 6.54 Å². The molecule has 0 bridgehead atoms. The second kappa shape index (κ2) is 6.71. The van der Waals surface area contributed by atoms with Crippen LogP contribution in [0, 0.1) is 6.92 Å². The summed E-state index contributed by atoms with van der Waals surface area (Å²) in [5.74, 6) is 2.04. The summed E-state index contributed by atoms with van der Waals surface area (Å²) in [7, 11) is 2.14. The molecule has 0 aromatic carbocycles. The largest absolute Gasteiger partial charge is 0.465 e. The van der Waals surface area contributed by atoms with E-state index in [9.17, 15) is 0 Å². The Balaban J connectivity index is 2.23. The lowest BCUT2D eigenvalue weighted by molar-refractivity contribution is 0.277. The molecule has 0 fully saturated rings. The molecule has 1 unspecified atom stereocenters. The van der Waals surface area contributed by atoms with Crippen LogP contribution in [0.25, 0.3) is 0 Å². The highest BCUT2D eigenvalue weighted by Crippen LogP contribution is 2.08. The second-order valence-corrected chi connectivity index (χ2v) is 4.50. The van der Waals surface area contributed by atoms with E-state index >= 15 is 0 Å². The Labute approximate surface area is 98.8 Å². The van der Waals surface area contributed by atoms with Gasteiger partial charge in [0, 0.05) is 6.04 Å². The first kappa shape index (κ1) is 13.3. The van der Waals surface area contributed by atoms with E-state index in [0.29, 0.717) is 6.04 Å². The van der Waals surface area contributed by atoms with Crippen LogP contribution < -0.4 is 5.32 Å². The molecular weight excluding hydrogens is 200 g/mol. The number of nitrogens with one attached hydrogen (secondary N) is 1. The average molecular weight is 224 g/mol. The van der Waals surface area contributed by atoms with E-state index in [1.165, 1.54) is 6.42 Å². The Morgan fingerprint density at radius 3 is 2.75 bits per heavy atom. The first-order valence-corrected chi connectivity index (χ1v) is 6.09. The zero-order chi connectivity index (χ0) is 12.0. The molecule has 1 aromatic heterocycles. The second-order valence-electron chi connectivity index (χ2n) is 4.50. The van der Waals surface area contributed by atoms with Crippen LogP contribution in [0.3, 0.4) is 0 Å². The molecule has 0 saturated carbocycles. The van der Waals surface area contributed by atoms with Crippen LogP contribution in [0.15, 0.2) is 16.5 Å². The third kappa shape index (κ3) is 4.81. The zero-order valence-electron chi connectivity index (χ0n) is 10.9. The molecule has 0 saturated heterocycles. The van der Waals surface area contributed by atoms with Gasteiger partial charge in [0.15, 0.2) is 0 Å². The van der Waals surface area contributed by atoms with E-state index in [0.717, 1.165) is 31.2 Å². The maximum atomic E-state index is 5.55. The molecule has 3 nitrogen and oxygen atoms in total. The van der Waals surface area contributed by atoms with Gasteiger partial charge in [0.1, 0.15) is 11.5 Å². The highest BCUT2D eigenvalue weighted by molar-refractivity contribution is 5.05. The third-order valence-electron chi connectivity index (χ3n) is 2.72. The quantitative estimate of drug-likeness (QED) is 0.771. The SMILES string of the molecule is CCNC(C)CCN(C)Cc1ccc(C)o1. The molecule has 1 aromatic rings. The molecule has 16 heavy (non-hydrogen) atoms. The van der Waals surface area contributed by atoms with E-state index in [-0.39, 0.29) is 0 Å². The summed E-state index contributed by atoms with van der Waals surface area (Å²) in [5, 5.41) is 3.42. The van der Waals surface area contributed by atoms with Crippen LogP contribution in [0.5, 0.6) is 0 Å². The Kier molecular flexibility index (Phi) is 5.56. The van der Waals surface area contributed by atoms with Gasteiger partial charge in [0.2, 0.25) is 0 Å². The Bertz CT molecular complexity index is 296. The van der Waals surface area contributed by atoms with Crippen molar-refractivity contribution in [3.05, 3.63) is 23.7 Å². The van der Waals surface area contributed by atoms with Gasteiger partial charge in [0.25, 0.3) is 0 Å². The van der Waals surface area contributed by atoms with Gasteiger partial charge >= 0.3 is 0 Å². The lowest BCUT2D eigenvalue weighted by atomic mass is 10.2. The molecule has 0 aliphatic rings. The summed E-state index contributed by atoms with van der Waals surface area (Å²) in [6.07, 6.45) is 1.17. The molecule has 92 valence electrons. The number of hydrogen-bond donors (Lipinski definition) is 1. The van der Waals surface area contributed by atoms with Gasteiger partial charge in [-0.2, -0.15) is 0 Å². The molecule has 1 heterocycles. The molecule has 1 atom stereocenters. The highest BCUT2D eigenvalue weighted by Gasteiger charge is 2.06. The number of furan rings is 1. The highest BCUT2D eigenvalue weighted by atomic mass is 16.3. The van der Waals surface area contributed by atoms with Gasteiger partial charge in [-0.3, -0.25) is 4.90 Å². The minimum atomic E-state index is 0.589. The molecule has 1 rings (SSSR count). The Hall–Kier alpha value is -0.800. The average Bonchev–Trinajstić information content (AvgIpc) is 2.61. The molecule has 0 amide bonds. The van der Waals surface area contributed by atoms with E-state index in [1.54, 1.807) is 0 Å². The third-order valence-corrected chi connectivity index (χ3v) is 2.72. The van der Waals surface area contributed by atoms with Crippen LogP contribution in [0.1, 0.15) is 31.8 Å². The monoisotopic (exact) mass is 224 g/mol. The molecule has 0 aliphatic heterocycles. The van der Waals surface area contributed by atoms with Crippen molar-refractivity contribution in [2.45, 2.75) is 39.8 Å². The van der Waals surface area contributed by atoms with Gasteiger partial charge in [-0.25, -0.2) is 0 Å². The predicted molar refractivity (Wildman–Crippen MR) is 67.5 cm³/mol. The van der Waals surface area contributed by atoms with Crippen molar-refractivity contribution in [3.8, 4) is 0 Å². The maximum absolute atomic E-state index is 5.55. The van der Waals surface area contributed by atoms with Crippen LogP contribution >= 0.6 is 0 Å². The summed E-state index contributed by atoms with van der Waals surface area (Å²) in [6, 6.07) is 4.66. The van der Waals surface area contributed by atoms with E-state index < -0.39 is 0 Å². The number of hydrogen-bond acceptors (Lipinski definition) is 3. The molecule has 3 heteroatoms. The molecule has 1 N–H and O–H groups in total. The van der Waals surface area contributed by atoms with Crippen molar-refractivity contribution in [2.75, 3.05) is 20.1 Å². The van der Waals surface area contributed by atoms with Gasteiger partial charge in [0.05, 0.1) is 6.54 Å². The van der Waals surface area contributed by atoms with Crippen LogP contribution in [0.4, 0.5) is 0 Å². The summed E-state index contributed by atoms with van der Waals surface area (Å²) in [5.41, 5.74) is 0. The van der Waals surface area contributed by atoms with Crippen molar-refractivity contribution in [2.24, 2.45) is 0 Å².